The maximum Gasteiger partial charge on any atom is 0.254 e. The number of amides is 2. The number of thiophene rings is 1. The predicted octanol–water partition coefficient (Wildman–Crippen LogP) is 4.86. The van der Waals surface area contributed by atoms with Gasteiger partial charge in [0.2, 0.25) is 12.7 Å². The van der Waals surface area contributed by atoms with Crippen LogP contribution in [0.2, 0.25) is 0 Å². The first-order valence-electron chi connectivity index (χ1n) is 12.6. The second-order valence-electron chi connectivity index (χ2n) is 9.48. The van der Waals surface area contributed by atoms with Crippen molar-refractivity contribution in [1.82, 2.24) is 9.80 Å². The van der Waals surface area contributed by atoms with E-state index in [2.05, 4.69) is 0 Å². The first-order valence-corrected chi connectivity index (χ1v) is 13.5. The Morgan fingerprint density at radius 3 is 2.47 bits per heavy atom. The highest BCUT2D eigenvalue weighted by molar-refractivity contribution is 7.09. The van der Waals surface area contributed by atoms with E-state index in [0.717, 1.165) is 10.4 Å². The molecule has 1 aliphatic rings. The van der Waals surface area contributed by atoms with Crippen molar-refractivity contribution in [2.75, 3.05) is 40.6 Å². The summed E-state index contributed by atoms with van der Waals surface area (Å²) in [6.45, 7) is 5.64. The number of nitrogens with zero attached hydrogens (tertiary/aromatic N) is 2. The molecule has 0 saturated heterocycles. The number of hydrogen-bond donors (Lipinski definition) is 0. The lowest BCUT2D eigenvalue weighted by atomic mass is 10.1. The molecule has 0 aliphatic carbocycles. The average Bonchev–Trinajstić information content (AvgIpc) is 3.61. The molecule has 2 aromatic carbocycles. The number of carbonyl (C=O) groups excluding carboxylic acids is 2. The van der Waals surface area contributed by atoms with Crippen LogP contribution in [0.25, 0.3) is 0 Å². The summed E-state index contributed by atoms with van der Waals surface area (Å²) in [5, 5.41) is 2.00. The Labute approximate surface area is 227 Å². The van der Waals surface area contributed by atoms with Gasteiger partial charge in [0, 0.05) is 23.5 Å². The molecule has 0 saturated carbocycles. The van der Waals surface area contributed by atoms with E-state index in [0.29, 0.717) is 54.6 Å². The third-order valence-electron chi connectivity index (χ3n) is 6.22. The molecule has 9 heteroatoms. The summed E-state index contributed by atoms with van der Waals surface area (Å²) in [6, 6.07) is 14.9. The van der Waals surface area contributed by atoms with Crippen LogP contribution in [0.4, 0.5) is 0 Å². The molecule has 0 atom stereocenters. The van der Waals surface area contributed by atoms with E-state index in [1.165, 1.54) is 0 Å². The van der Waals surface area contributed by atoms with E-state index in [-0.39, 0.29) is 31.1 Å². The van der Waals surface area contributed by atoms with Crippen molar-refractivity contribution in [3.05, 3.63) is 69.9 Å². The van der Waals surface area contributed by atoms with Gasteiger partial charge in [-0.15, -0.1) is 11.3 Å². The highest BCUT2D eigenvalue weighted by Gasteiger charge is 2.25. The number of methoxy groups -OCH3 is 2. The second-order valence-corrected chi connectivity index (χ2v) is 10.5. The van der Waals surface area contributed by atoms with Crippen LogP contribution in [-0.2, 0) is 17.8 Å². The molecule has 0 radical (unpaired) electrons. The maximum absolute atomic E-state index is 13.7. The standard InChI is InChI=1S/C29H34N2O6S/c1-20(2)16-31(29(33)22-8-10-25-27(15-22)37-19-36-25)18-28(32)30(17-23-6-5-13-38-23)12-11-21-7-9-24(34-3)26(14-21)35-4/h5-10,13-15,20H,11-12,16-19H2,1-4H3. The van der Waals surface area contributed by atoms with Gasteiger partial charge in [0.05, 0.1) is 20.8 Å². The number of carbonyl (C=O) groups is 2. The van der Waals surface area contributed by atoms with Gasteiger partial charge in [-0.1, -0.05) is 26.0 Å². The number of fused-ring (bicyclic) bond motifs is 1. The molecule has 0 spiro atoms. The van der Waals surface area contributed by atoms with Gasteiger partial charge in [0.1, 0.15) is 6.54 Å². The molecule has 1 aliphatic heterocycles. The molecule has 0 unspecified atom stereocenters. The van der Waals surface area contributed by atoms with Crippen molar-refractivity contribution < 1.29 is 28.5 Å². The third-order valence-corrected chi connectivity index (χ3v) is 7.08. The Hall–Kier alpha value is -3.72. The molecule has 8 nitrogen and oxygen atoms in total. The maximum atomic E-state index is 13.7. The summed E-state index contributed by atoms with van der Waals surface area (Å²) >= 11 is 1.61. The second kappa shape index (κ2) is 12.7. The van der Waals surface area contributed by atoms with Crippen molar-refractivity contribution in [2.45, 2.75) is 26.8 Å². The Morgan fingerprint density at radius 1 is 0.974 bits per heavy atom. The van der Waals surface area contributed by atoms with E-state index in [4.69, 9.17) is 18.9 Å². The minimum atomic E-state index is -0.207. The van der Waals surface area contributed by atoms with Crippen LogP contribution in [0.1, 0.15) is 34.6 Å². The van der Waals surface area contributed by atoms with Gasteiger partial charge >= 0.3 is 0 Å². The number of benzene rings is 2. The summed E-state index contributed by atoms with van der Waals surface area (Å²) < 4.78 is 21.6. The largest absolute Gasteiger partial charge is 0.493 e. The van der Waals surface area contributed by atoms with Gasteiger partial charge < -0.3 is 28.7 Å². The van der Waals surface area contributed by atoms with Crippen LogP contribution in [0.3, 0.4) is 0 Å². The number of rotatable bonds is 12. The molecule has 202 valence electrons. The molecular formula is C29H34N2O6S. The normalized spacial score (nSPS) is 11.9. The van der Waals surface area contributed by atoms with Crippen molar-refractivity contribution in [2.24, 2.45) is 5.92 Å². The Morgan fingerprint density at radius 2 is 1.76 bits per heavy atom. The molecule has 0 N–H and O–H groups in total. The molecule has 4 rings (SSSR count). The van der Waals surface area contributed by atoms with E-state index < -0.39 is 0 Å². The van der Waals surface area contributed by atoms with E-state index in [9.17, 15) is 9.59 Å². The zero-order chi connectivity index (χ0) is 27.1. The van der Waals surface area contributed by atoms with E-state index in [1.807, 2.05) is 54.5 Å². The van der Waals surface area contributed by atoms with Gasteiger partial charge in [-0.05, 0) is 59.7 Å². The number of ether oxygens (including phenoxy) is 4. The number of hydrogen-bond acceptors (Lipinski definition) is 7. The lowest BCUT2D eigenvalue weighted by molar-refractivity contribution is -0.132. The first-order chi connectivity index (χ1) is 18.4. The van der Waals surface area contributed by atoms with Crippen LogP contribution in [-0.4, -0.2) is 62.3 Å². The highest BCUT2D eigenvalue weighted by Crippen LogP contribution is 2.33. The van der Waals surface area contributed by atoms with Crippen molar-refractivity contribution >= 4 is 23.2 Å². The summed E-state index contributed by atoms with van der Waals surface area (Å²) in [6.07, 6.45) is 0.637. The summed E-state index contributed by atoms with van der Waals surface area (Å²) in [4.78, 5) is 31.7. The average molecular weight is 539 g/mol. The Balaban J connectivity index is 1.51. The topological polar surface area (TPSA) is 77.5 Å². The monoisotopic (exact) mass is 538 g/mol. The molecule has 2 heterocycles. The van der Waals surface area contributed by atoms with Gasteiger partial charge in [0.15, 0.2) is 23.0 Å². The Bertz CT molecular complexity index is 1240. The zero-order valence-corrected chi connectivity index (χ0v) is 23.1. The van der Waals surface area contributed by atoms with Gasteiger partial charge in [0.25, 0.3) is 5.91 Å². The zero-order valence-electron chi connectivity index (χ0n) is 22.3. The molecule has 0 bridgehead atoms. The van der Waals surface area contributed by atoms with Crippen LogP contribution in [0.5, 0.6) is 23.0 Å². The van der Waals surface area contributed by atoms with Gasteiger partial charge in [-0.2, -0.15) is 0 Å². The summed E-state index contributed by atoms with van der Waals surface area (Å²) in [5.74, 6) is 2.35. The molecule has 38 heavy (non-hydrogen) atoms. The summed E-state index contributed by atoms with van der Waals surface area (Å²) in [5.41, 5.74) is 1.50. The van der Waals surface area contributed by atoms with Crippen molar-refractivity contribution in [3.63, 3.8) is 0 Å². The van der Waals surface area contributed by atoms with Crippen LogP contribution >= 0.6 is 11.3 Å². The van der Waals surface area contributed by atoms with Crippen LogP contribution in [0, 0.1) is 5.92 Å². The fraction of sp³-hybridized carbons (Fsp3) is 0.379. The lowest BCUT2D eigenvalue weighted by Crippen LogP contribution is -2.44. The van der Waals surface area contributed by atoms with Gasteiger partial charge in [-0.3, -0.25) is 9.59 Å². The van der Waals surface area contributed by atoms with Crippen molar-refractivity contribution in [1.29, 1.82) is 0 Å². The predicted molar refractivity (Wildman–Crippen MR) is 146 cm³/mol. The van der Waals surface area contributed by atoms with E-state index in [1.54, 1.807) is 48.7 Å². The lowest BCUT2D eigenvalue weighted by Gasteiger charge is -2.29. The third kappa shape index (κ3) is 6.77. The SMILES string of the molecule is COc1ccc(CCN(Cc2cccs2)C(=O)CN(CC(C)C)C(=O)c2ccc3c(c2)OCO3)cc1OC. The van der Waals surface area contributed by atoms with Gasteiger partial charge in [-0.25, -0.2) is 0 Å². The molecule has 3 aromatic rings. The van der Waals surface area contributed by atoms with Crippen LogP contribution in [0.15, 0.2) is 53.9 Å². The molecular weight excluding hydrogens is 504 g/mol. The fourth-order valence-electron chi connectivity index (χ4n) is 4.32. The van der Waals surface area contributed by atoms with E-state index >= 15 is 0 Å². The Kier molecular flexibility index (Phi) is 9.12. The smallest absolute Gasteiger partial charge is 0.254 e. The first kappa shape index (κ1) is 27.3. The molecule has 2 amide bonds. The highest BCUT2D eigenvalue weighted by atomic mass is 32.1. The quantitative estimate of drug-likeness (QED) is 0.328. The minimum Gasteiger partial charge on any atom is -0.493 e. The van der Waals surface area contributed by atoms with Crippen LogP contribution < -0.4 is 18.9 Å². The fourth-order valence-corrected chi connectivity index (χ4v) is 5.04. The van der Waals surface area contributed by atoms with Crippen molar-refractivity contribution in [3.8, 4) is 23.0 Å². The molecule has 0 fully saturated rings. The minimum absolute atomic E-state index is 0.0111. The summed E-state index contributed by atoms with van der Waals surface area (Å²) in [7, 11) is 3.21. The molecule has 1 aromatic heterocycles.